The van der Waals surface area contributed by atoms with E-state index in [9.17, 15) is 9.59 Å². The van der Waals surface area contributed by atoms with Gasteiger partial charge in [0.2, 0.25) is 5.88 Å². The average molecular weight is 707 g/mol. The molecule has 0 saturated heterocycles. The van der Waals surface area contributed by atoms with Crippen LogP contribution in [0.5, 0.6) is 5.88 Å². The number of aldehydes is 1. The molecule has 3 heterocycles. The van der Waals surface area contributed by atoms with E-state index in [1.165, 1.54) is 18.9 Å². The predicted molar refractivity (Wildman–Crippen MR) is 194 cm³/mol. The van der Waals surface area contributed by atoms with Gasteiger partial charge in [0.25, 0.3) is 5.91 Å². The Morgan fingerprint density at radius 1 is 1.06 bits per heavy atom. The Morgan fingerprint density at radius 3 is 2.44 bits per heavy atom. The van der Waals surface area contributed by atoms with Gasteiger partial charge < -0.3 is 14.5 Å². The Kier molecular flexibility index (Phi) is 10.7. The smallest absolute Gasteiger partial charge is 0.274 e. The summed E-state index contributed by atoms with van der Waals surface area (Å²) in [6, 6.07) is 12.7. The molecule has 48 heavy (non-hydrogen) atoms. The second kappa shape index (κ2) is 14.4. The van der Waals surface area contributed by atoms with Crippen LogP contribution in [0.4, 0.5) is 5.69 Å². The zero-order chi connectivity index (χ0) is 34.8. The first-order chi connectivity index (χ1) is 22.7. The van der Waals surface area contributed by atoms with Gasteiger partial charge in [0.05, 0.1) is 40.4 Å². The van der Waals surface area contributed by atoms with Crippen LogP contribution < -0.4 is 10.1 Å². The number of ether oxygens (including phenoxy) is 1. The normalized spacial score (nSPS) is 13.6. The van der Waals surface area contributed by atoms with Crippen molar-refractivity contribution in [3.05, 3.63) is 86.9 Å². The SMILES string of the molecule is COc1nc(-c2cccc(-c3cccc(NC(=O)c4cc(C)c5c(n4)CN(CCO[Si](C)(C)C(C)(C)C)CC5)c3Cl)c2Cl)cnc1C=O. The van der Waals surface area contributed by atoms with E-state index in [1.807, 2.05) is 31.2 Å². The van der Waals surface area contributed by atoms with Crippen molar-refractivity contribution in [2.24, 2.45) is 0 Å². The summed E-state index contributed by atoms with van der Waals surface area (Å²) in [6.07, 6.45) is 2.92. The van der Waals surface area contributed by atoms with E-state index in [0.29, 0.717) is 63.2 Å². The first-order valence-corrected chi connectivity index (χ1v) is 19.5. The van der Waals surface area contributed by atoms with Crippen LogP contribution in [0.15, 0.2) is 48.7 Å². The third kappa shape index (κ3) is 7.48. The van der Waals surface area contributed by atoms with Crippen molar-refractivity contribution in [1.82, 2.24) is 19.9 Å². The van der Waals surface area contributed by atoms with Gasteiger partial charge in [0.15, 0.2) is 20.3 Å². The van der Waals surface area contributed by atoms with Gasteiger partial charge in [-0.15, -0.1) is 0 Å². The van der Waals surface area contributed by atoms with Crippen molar-refractivity contribution in [3.8, 4) is 28.3 Å². The highest BCUT2D eigenvalue weighted by Gasteiger charge is 2.37. The molecule has 1 amide bonds. The molecule has 1 N–H and O–H groups in total. The van der Waals surface area contributed by atoms with E-state index in [4.69, 9.17) is 37.3 Å². The minimum Gasteiger partial charge on any atom is -0.479 e. The molecule has 1 aliphatic heterocycles. The zero-order valence-corrected chi connectivity index (χ0v) is 30.9. The fourth-order valence-electron chi connectivity index (χ4n) is 5.45. The van der Waals surface area contributed by atoms with Crippen molar-refractivity contribution < 1.29 is 18.8 Å². The third-order valence-corrected chi connectivity index (χ3v) is 14.6. The molecule has 4 aromatic rings. The number of halogens is 2. The number of anilines is 1. The molecule has 9 nitrogen and oxygen atoms in total. The number of rotatable bonds is 10. The molecule has 0 spiro atoms. The van der Waals surface area contributed by atoms with E-state index in [2.05, 4.69) is 54.0 Å². The lowest BCUT2D eigenvalue weighted by Gasteiger charge is -2.37. The fourth-order valence-corrected chi connectivity index (χ4v) is 7.09. The Hall–Kier alpha value is -3.67. The maximum Gasteiger partial charge on any atom is 0.274 e. The summed E-state index contributed by atoms with van der Waals surface area (Å²) in [6.45, 7) is 16.4. The molecule has 5 rings (SSSR count). The topological polar surface area (TPSA) is 107 Å². The zero-order valence-electron chi connectivity index (χ0n) is 28.4. The number of pyridine rings is 1. The van der Waals surface area contributed by atoms with Gasteiger partial charge in [-0.25, -0.2) is 15.0 Å². The number of methoxy groups -OCH3 is 1. The summed E-state index contributed by atoms with van der Waals surface area (Å²) < 4.78 is 11.6. The minimum atomic E-state index is -1.82. The molecule has 0 atom stereocenters. The highest BCUT2D eigenvalue weighted by Crippen LogP contribution is 2.41. The number of hydrogen-bond acceptors (Lipinski definition) is 8. The second-order valence-corrected chi connectivity index (χ2v) is 19.0. The van der Waals surface area contributed by atoms with Crippen molar-refractivity contribution in [2.45, 2.75) is 58.8 Å². The fraction of sp³-hybridized carbons (Fsp3) is 0.361. The molecule has 252 valence electrons. The number of aryl methyl sites for hydroxylation is 1. The van der Waals surface area contributed by atoms with E-state index < -0.39 is 8.32 Å². The maximum absolute atomic E-state index is 13.6. The molecule has 0 unspecified atom stereocenters. The van der Waals surface area contributed by atoms with Gasteiger partial charge in [-0.05, 0) is 54.7 Å². The summed E-state index contributed by atoms with van der Waals surface area (Å²) in [5, 5.41) is 3.83. The highest BCUT2D eigenvalue weighted by atomic mass is 35.5. The van der Waals surface area contributed by atoms with Crippen molar-refractivity contribution >= 4 is 49.4 Å². The van der Waals surface area contributed by atoms with Crippen molar-refractivity contribution in [2.75, 3.05) is 32.1 Å². The summed E-state index contributed by atoms with van der Waals surface area (Å²) >= 11 is 13.8. The molecule has 0 saturated carbocycles. The lowest BCUT2D eigenvalue weighted by atomic mass is 9.98. The van der Waals surface area contributed by atoms with E-state index in [0.717, 1.165) is 30.8 Å². The lowest BCUT2D eigenvalue weighted by molar-refractivity contribution is 0.102. The number of nitrogens with zero attached hydrogens (tertiary/aromatic N) is 4. The molecule has 0 radical (unpaired) electrons. The molecule has 0 bridgehead atoms. The monoisotopic (exact) mass is 705 g/mol. The van der Waals surface area contributed by atoms with E-state index >= 15 is 0 Å². The molecular formula is C36H41Cl2N5O4Si. The van der Waals surface area contributed by atoms with Crippen molar-refractivity contribution in [1.29, 1.82) is 0 Å². The van der Waals surface area contributed by atoms with Crippen LogP contribution >= 0.6 is 23.2 Å². The molecule has 0 aliphatic carbocycles. The summed E-state index contributed by atoms with van der Waals surface area (Å²) in [5.74, 6) is -0.253. The number of fused-ring (bicyclic) bond motifs is 1. The van der Waals surface area contributed by atoms with Gasteiger partial charge in [0.1, 0.15) is 5.69 Å². The Bertz CT molecular complexity index is 1860. The number of nitrogens with one attached hydrogen (secondary N) is 1. The Morgan fingerprint density at radius 2 is 1.75 bits per heavy atom. The average Bonchev–Trinajstić information content (AvgIpc) is 3.05. The van der Waals surface area contributed by atoms with E-state index in [1.54, 1.807) is 18.2 Å². The standard InChI is InChI=1S/C36H41Cl2N5O4Si/c1-22-18-28(40-30-20-43(15-14-23(22)30)16-17-47-48(6,7)36(2,3)4)34(45)41-27-13-9-11-25(33(27)38)24-10-8-12-26(32(24)37)29-19-39-31(21-44)35(42-29)46-5/h8-13,18-19,21H,14-17,20H2,1-7H3,(H,41,45). The van der Waals surface area contributed by atoms with E-state index in [-0.39, 0.29) is 22.5 Å². The van der Waals surface area contributed by atoms with Gasteiger partial charge >= 0.3 is 0 Å². The molecular weight excluding hydrogens is 665 g/mol. The largest absolute Gasteiger partial charge is 0.479 e. The Labute approximate surface area is 293 Å². The van der Waals surface area contributed by atoms with Gasteiger partial charge in [-0.2, -0.15) is 0 Å². The number of carbonyl (C=O) groups excluding carboxylic acids is 2. The number of hydrogen-bond donors (Lipinski definition) is 1. The van der Waals surface area contributed by atoms with Crippen LogP contribution in [0.1, 0.15) is 58.6 Å². The highest BCUT2D eigenvalue weighted by molar-refractivity contribution is 6.74. The van der Waals surface area contributed by atoms with Crippen molar-refractivity contribution in [3.63, 3.8) is 0 Å². The summed E-state index contributed by atoms with van der Waals surface area (Å²) in [4.78, 5) is 40.6. The van der Waals surface area contributed by atoms with Crippen LogP contribution in [0.3, 0.4) is 0 Å². The summed E-state index contributed by atoms with van der Waals surface area (Å²) in [7, 11) is -0.406. The molecule has 2 aromatic carbocycles. The Balaban J connectivity index is 1.35. The van der Waals surface area contributed by atoms with Gasteiger partial charge in [-0.1, -0.05) is 74.3 Å². The number of amides is 1. The van der Waals surface area contributed by atoms with Crippen LogP contribution in [-0.2, 0) is 17.4 Å². The van der Waals surface area contributed by atoms with Crippen LogP contribution in [0.2, 0.25) is 28.2 Å². The first-order valence-electron chi connectivity index (χ1n) is 15.8. The number of benzene rings is 2. The third-order valence-electron chi connectivity index (χ3n) is 9.28. The maximum atomic E-state index is 13.6. The summed E-state index contributed by atoms with van der Waals surface area (Å²) in [5.41, 5.74) is 6.29. The van der Waals surface area contributed by atoms with Crippen LogP contribution in [0.25, 0.3) is 22.4 Å². The quantitative estimate of drug-likeness (QED) is 0.130. The molecule has 0 fully saturated rings. The van der Waals surface area contributed by atoms with Crippen LogP contribution in [-0.4, -0.2) is 67.2 Å². The van der Waals surface area contributed by atoms with Gasteiger partial charge in [0, 0.05) is 42.9 Å². The minimum absolute atomic E-state index is 0.0904. The number of aromatic nitrogens is 3. The first kappa shape index (κ1) is 35.6. The molecule has 1 aliphatic rings. The van der Waals surface area contributed by atoms with Gasteiger partial charge in [-0.3, -0.25) is 14.5 Å². The number of carbonyl (C=O) groups is 2. The molecule has 12 heteroatoms. The second-order valence-electron chi connectivity index (χ2n) is 13.4. The lowest BCUT2D eigenvalue weighted by Crippen LogP contribution is -2.43. The molecule has 2 aromatic heterocycles. The predicted octanol–water partition coefficient (Wildman–Crippen LogP) is 8.27. The van der Waals surface area contributed by atoms with Crippen LogP contribution in [0, 0.1) is 6.92 Å².